The molecule has 0 unspecified atom stereocenters. The minimum atomic E-state index is -4.48. The van der Waals surface area contributed by atoms with Gasteiger partial charge in [0, 0.05) is 23.4 Å². The Balaban J connectivity index is 2.56. The third kappa shape index (κ3) is 2.94. The van der Waals surface area contributed by atoms with Crippen molar-refractivity contribution in [3.63, 3.8) is 0 Å². The van der Waals surface area contributed by atoms with Crippen LogP contribution in [0.1, 0.15) is 5.56 Å². The second-order valence-corrected chi connectivity index (χ2v) is 3.92. The van der Waals surface area contributed by atoms with Crippen LogP contribution in [0.25, 0.3) is 11.1 Å². The molecule has 0 saturated carbocycles. The largest absolute Gasteiger partial charge is 0.490 e. The normalized spacial score (nSPS) is 11.4. The minimum Gasteiger partial charge on any atom is -0.423 e. The van der Waals surface area contributed by atoms with E-state index in [0.29, 0.717) is 0 Å². The van der Waals surface area contributed by atoms with Gasteiger partial charge in [0.2, 0.25) is 0 Å². The van der Waals surface area contributed by atoms with Crippen molar-refractivity contribution in [2.75, 3.05) is 0 Å². The summed E-state index contributed by atoms with van der Waals surface area (Å²) in [4.78, 5) is 3.72. The van der Waals surface area contributed by atoms with Crippen LogP contribution in [0.5, 0.6) is 0 Å². The van der Waals surface area contributed by atoms with E-state index in [4.69, 9.17) is 10.0 Å². The van der Waals surface area contributed by atoms with E-state index in [1.165, 1.54) is 36.7 Å². The van der Waals surface area contributed by atoms with Crippen LogP contribution in [0.4, 0.5) is 13.2 Å². The van der Waals surface area contributed by atoms with E-state index in [1.807, 2.05) is 0 Å². The Labute approximate surface area is 107 Å². The van der Waals surface area contributed by atoms with Gasteiger partial charge in [-0.05, 0) is 11.6 Å². The number of halogens is 3. The van der Waals surface area contributed by atoms with E-state index < -0.39 is 18.9 Å². The maximum absolute atomic E-state index is 12.9. The summed E-state index contributed by atoms with van der Waals surface area (Å²) < 4.78 is 38.6. The zero-order chi connectivity index (χ0) is 14.0. The van der Waals surface area contributed by atoms with E-state index in [1.54, 1.807) is 0 Å². The third-order valence-corrected chi connectivity index (χ3v) is 2.60. The summed E-state index contributed by atoms with van der Waals surface area (Å²) in [5.74, 6) is 0. The number of hydrogen-bond acceptors (Lipinski definition) is 3. The molecule has 1 aromatic carbocycles. The van der Waals surface area contributed by atoms with E-state index >= 15 is 0 Å². The van der Waals surface area contributed by atoms with Gasteiger partial charge >= 0.3 is 13.3 Å². The highest BCUT2D eigenvalue weighted by Gasteiger charge is 2.33. The van der Waals surface area contributed by atoms with Gasteiger partial charge in [-0.3, -0.25) is 4.98 Å². The lowest BCUT2D eigenvalue weighted by atomic mass is 9.80. The lowest BCUT2D eigenvalue weighted by molar-refractivity contribution is -0.137. The molecular weight excluding hydrogens is 258 g/mol. The summed E-state index contributed by atoms with van der Waals surface area (Å²) in [6.07, 6.45) is -2.05. The fourth-order valence-electron chi connectivity index (χ4n) is 1.73. The minimum absolute atomic E-state index is 0.0366. The molecular formula is C12H9BF3NO2. The summed E-state index contributed by atoms with van der Waals surface area (Å²) >= 11 is 0. The number of benzene rings is 1. The molecule has 7 heteroatoms. The van der Waals surface area contributed by atoms with Crippen LogP contribution < -0.4 is 5.46 Å². The van der Waals surface area contributed by atoms with Crippen molar-refractivity contribution in [2.24, 2.45) is 0 Å². The number of hydrogen-bond donors (Lipinski definition) is 2. The van der Waals surface area contributed by atoms with Gasteiger partial charge in [0.05, 0.1) is 5.56 Å². The molecule has 1 aromatic heterocycles. The molecule has 0 fully saturated rings. The van der Waals surface area contributed by atoms with Crippen molar-refractivity contribution >= 4 is 12.6 Å². The molecule has 3 nitrogen and oxygen atoms in total. The molecule has 0 aliphatic heterocycles. The standard InChI is InChI=1S/C12H9BF3NO2/c14-12(15,16)11-4-2-1-3-10(11)8-5-9(13(18)19)7-17-6-8/h1-7,18-19H. The van der Waals surface area contributed by atoms with Crippen LogP contribution in [0.3, 0.4) is 0 Å². The fraction of sp³-hybridized carbons (Fsp3) is 0.0833. The van der Waals surface area contributed by atoms with Crippen LogP contribution in [0, 0.1) is 0 Å². The van der Waals surface area contributed by atoms with E-state index in [-0.39, 0.29) is 16.6 Å². The molecule has 0 aliphatic carbocycles. The van der Waals surface area contributed by atoms with Gasteiger partial charge in [0.1, 0.15) is 0 Å². The Hall–Kier alpha value is -1.86. The van der Waals surface area contributed by atoms with Crippen molar-refractivity contribution in [1.82, 2.24) is 4.98 Å². The van der Waals surface area contributed by atoms with Crippen molar-refractivity contribution < 1.29 is 23.2 Å². The number of aromatic nitrogens is 1. The van der Waals surface area contributed by atoms with Crippen molar-refractivity contribution in [3.8, 4) is 11.1 Å². The molecule has 2 rings (SSSR count). The molecule has 0 aliphatic rings. The monoisotopic (exact) mass is 267 g/mol. The second kappa shape index (κ2) is 5.03. The number of alkyl halides is 3. The third-order valence-electron chi connectivity index (χ3n) is 2.60. The Kier molecular flexibility index (Phi) is 3.59. The van der Waals surface area contributed by atoms with Crippen molar-refractivity contribution in [1.29, 1.82) is 0 Å². The molecule has 0 spiro atoms. The lowest BCUT2D eigenvalue weighted by Crippen LogP contribution is -2.30. The fourth-order valence-corrected chi connectivity index (χ4v) is 1.73. The zero-order valence-electron chi connectivity index (χ0n) is 9.59. The number of pyridine rings is 1. The SMILES string of the molecule is OB(O)c1cncc(-c2ccccc2C(F)(F)F)c1. The summed E-state index contributed by atoms with van der Waals surface area (Å²) in [6, 6.07) is 6.32. The van der Waals surface area contributed by atoms with Crippen LogP contribution in [-0.4, -0.2) is 22.2 Å². The van der Waals surface area contributed by atoms with Gasteiger partial charge in [-0.15, -0.1) is 0 Å². The number of nitrogens with zero attached hydrogens (tertiary/aromatic N) is 1. The van der Waals surface area contributed by atoms with Gasteiger partial charge in [-0.2, -0.15) is 13.2 Å². The first kappa shape index (κ1) is 13.6. The van der Waals surface area contributed by atoms with Gasteiger partial charge in [0.15, 0.2) is 0 Å². The topological polar surface area (TPSA) is 53.4 Å². The molecule has 0 saturated heterocycles. The molecule has 0 amide bonds. The highest BCUT2D eigenvalue weighted by Crippen LogP contribution is 2.36. The average molecular weight is 267 g/mol. The highest BCUT2D eigenvalue weighted by atomic mass is 19.4. The van der Waals surface area contributed by atoms with Gasteiger partial charge in [-0.1, -0.05) is 24.3 Å². The first-order valence-corrected chi connectivity index (χ1v) is 5.37. The van der Waals surface area contributed by atoms with Crippen LogP contribution in [-0.2, 0) is 6.18 Å². The Morgan fingerprint density at radius 3 is 2.37 bits per heavy atom. The van der Waals surface area contributed by atoms with Crippen molar-refractivity contribution in [3.05, 3.63) is 48.3 Å². The first-order valence-electron chi connectivity index (χ1n) is 5.37. The van der Waals surface area contributed by atoms with Gasteiger partial charge in [0.25, 0.3) is 0 Å². The first-order chi connectivity index (χ1) is 8.89. The summed E-state index contributed by atoms with van der Waals surface area (Å²) in [5, 5.41) is 18.0. The molecule has 19 heavy (non-hydrogen) atoms. The molecule has 0 atom stereocenters. The van der Waals surface area contributed by atoms with Crippen LogP contribution in [0.2, 0.25) is 0 Å². The Morgan fingerprint density at radius 2 is 1.74 bits per heavy atom. The lowest BCUT2D eigenvalue weighted by Gasteiger charge is -2.13. The van der Waals surface area contributed by atoms with E-state index in [2.05, 4.69) is 4.98 Å². The average Bonchev–Trinajstić information content (AvgIpc) is 2.38. The summed E-state index contributed by atoms with van der Waals surface area (Å²) in [7, 11) is -1.77. The zero-order valence-corrected chi connectivity index (χ0v) is 9.59. The quantitative estimate of drug-likeness (QED) is 0.809. The number of rotatable bonds is 2. The van der Waals surface area contributed by atoms with Crippen LogP contribution >= 0.6 is 0 Å². The van der Waals surface area contributed by atoms with Crippen LogP contribution in [0.15, 0.2) is 42.7 Å². The second-order valence-electron chi connectivity index (χ2n) is 3.92. The van der Waals surface area contributed by atoms with E-state index in [0.717, 1.165) is 6.07 Å². The summed E-state index contributed by atoms with van der Waals surface area (Å²) in [6.45, 7) is 0. The van der Waals surface area contributed by atoms with Gasteiger partial charge in [-0.25, -0.2) is 0 Å². The highest BCUT2D eigenvalue weighted by molar-refractivity contribution is 6.58. The maximum Gasteiger partial charge on any atom is 0.490 e. The molecule has 98 valence electrons. The smallest absolute Gasteiger partial charge is 0.423 e. The molecule has 2 aromatic rings. The van der Waals surface area contributed by atoms with E-state index in [9.17, 15) is 13.2 Å². The molecule has 2 N–H and O–H groups in total. The van der Waals surface area contributed by atoms with Crippen molar-refractivity contribution in [2.45, 2.75) is 6.18 Å². The Morgan fingerprint density at radius 1 is 1.05 bits per heavy atom. The predicted molar refractivity (Wildman–Crippen MR) is 64.5 cm³/mol. The summed E-state index contributed by atoms with van der Waals surface area (Å²) in [5.41, 5.74) is -0.626. The van der Waals surface area contributed by atoms with Gasteiger partial charge < -0.3 is 10.0 Å². The Bertz CT molecular complexity index is 587. The molecule has 0 bridgehead atoms. The maximum atomic E-state index is 12.9. The predicted octanol–water partition coefficient (Wildman–Crippen LogP) is 1.45. The molecule has 1 heterocycles. The molecule has 0 radical (unpaired) electrons.